The Morgan fingerprint density at radius 1 is 0.717 bits per heavy atom. The van der Waals surface area contributed by atoms with Gasteiger partial charge in [0.15, 0.2) is 17.5 Å². The van der Waals surface area contributed by atoms with Crippen LogP contribution in [0.25, 0.3) is 17.2 Å². The van der Waals surface area contributed by atoms with E-state index in [2.05, 4.69) is 11.7 Å². The lowest BCUT2D eigenvalue weighted by Gasteiger charge is -2.38. The van der Waals surface area contributed by atoms with Crippen LogP contribution in [-0.4, -0.2) is 6.11 Å². The Hall–Kier alpha value is -3.29. The SMILES string of the molecule is CCCCCC1CCC(C2CCC(c3ccc(-c4ccc(/C=C/C(F)(F)Oc5cc(F)c(F)c(F)c5)c(F)c4)c(F)c3)CC2)CC1. The molecule has 1 nitrogen and oxygen atoms in total. The highest BCUT2D eigenvalue weighted by Gasteiger charge is 2.32. The molecule has 0 spiro atoms. The Bertz CT molecular complexity index is 1480. The summed E-state index contributed by atoms with van der Waals surface area (Å²) in [5.74, 6) is -4.71. The van der Waals surface area contributed by atoms with Gasteiger partial charge in [0.05, 0.1) is 0 Å². The Balaban J connectivity index is 1.16. The van der Waals surface area contributed by atoms with Gasteiger partial charge >= 0.3 is 6.11 Å². The van der Waals surface area contributed by atoms with Gasteiger partial charge in [0, 0.05) is 29.3 Å². The van der Waals surface area contributed by atoms with E-state index in [1.807, 2.05) is 6.07 Å². The Kier molecular flexibility index (Phi) is 11.2. The first-order chi connectivity index (χ1) is 22.0. The van der Waals surface area contributed by atoms with Gasteiger partial charge in [-0.05, 0) is 91.5 Å². The minimum absolute atomic E-state index is 0.202. The van der Waals surface area contributed by atoms with Crippen LogP contribution in [0.5, 0.6) is 5.75 Å². The van der Waals surface area contributed by atoms with Gasteiger partial charge in [-0.15, -0.1) is 0 Å². The smallest absolute Gasteiger partial charge is 0.419 e. The van der Waals surface area contributed by atoms with Crippen LogP contribution < -0.4 is 4.74 Å². The molecule has 8 heteroatoms. The number of rotatable bonds is 11. The summed E-state index contributed by atoms with van der Waals surface area (Å²) in [5, 5.41) is 0. The summed E-state index contributed by atoms with van der Waals surface area (Å²) < 4.78 is 103. The Morgan fingerprint density at radius 3 is 1.98 bits per heavy atom. The molecule has 0 aromatic heterocycles. The molecule has 0 bridgehead atoms. The quantitative estimate of drug-likeness (QED) is 0.114. The van der Waals surface area contributed by atoms with E-state index in [0.717, 1.165) is 48.3 Å². The predicted molar refractivity (Wildman–Crippen MR) is 167 cm³/mol. The average Bonchev–Trinajstić information content (AvgIpc) is 3.03. The molecule has 46 heavy (non-hydrogen) atoms. The molecule has 0 heterocycles. The van der Waals surface area contributed by atoms with E-state index < -0.39 is 40.9 Å². The number of hydrogen-bond acceptors (Lipinski definition) is 1. The molecule has 0 N–H and O–H groups in total. The van der Waals surface area contributed by atoms with Gasteiger partial charge in [0.2, 0.25) is 0 Å². The number of halogens is 7. The van der Waals surface area contributed by atoms with Gasteiger partial charge in [-0.3, -0.25) is 0 Å². The zero-order valence-corrected chi connectivity index (χ0v) is 26.1. The van der Waals surface area contributed by atoms with Crippen LogP contribution in [0.1, 0.15) is 101 Å². The van der Waals surface area contributed by atoms with E-state index in [0.29, 0.717) is 5.92 Å². The van der Waals surface area contributed by atoms with Crippen molar-refractivity contribution in [2.75, 3.05) is 0 Å². The summed E-state index contributed by atoms with van der Waals surface area (Å²) in [4.78, 5) is 0. The van der Waals surface area contributed by atoms with Crippen molar-refractivity contribution in [3.63, 3.8) is 0 Å². The lowest BCUT2D eigenvalue weighted by Crippen LogP contribution is -2.25. The zero-order valence-electron chi connectivity index (χ0n) is 26.1. The monoisotopic (exact) mass is 646 g/mol. The maximum Gasteiger partial charge on any atom is 0.419 e. The minimum Gasteiger partial charge on any atom is -0.429 e. The molecule has 0 radical (unpaired) electrons. The molecule has 248 valence electrons. The van der Waals surface area contributed by atoms with Crippen molar-refractivity contribution >= 4 is 6.08 Å². The summed E-state index contributed by atoms with van der Waals surface area (Å²) >= 11 is 0. The van der Waals surface area contributed by atoms with Crippen LogP contribution in [0.15, 0.2) is 54.6 Å². The summed E-state index contributed by atoms with van der Waals surface area (Å²) in [5.41, 5.74) is 1.18. The topological polar surface area (TPSA) is 9.23 Å². The highest BCUT2D eigenvalue weighted by molar-refractivity contribution is 5.67. The lowest BCUT2D eigenvalue weighted by atomic mass is 9.68. The van der Waals surface area contributed by atoms with Crippen molar-refractivity contribution in [3.05, 3.63) is 94.8 Å². The molecule has 5 rings (SSSR count). The van der Waals surface area contributed by atoms with E-state index in [9.17, 15) is 26.3 Å². The van der Waals surface area contributed by atoms with Crippen LogP contribution in [0.3, 0.4) is 0 Å². The molecule has 0 amide bonds. The Morgan fingerprint density at radius 2 is 1.37 bits per heavy atom. The van der Waals surface area contributed by atoms with E-state index in [1.54, 1.807) is 6.07 Å². The number of alkyl halides is 2. The van der Waals surface area contributed by atoms with E-state index in [4.69, 9.17) is 0 Å². The Labute approximate surface area is 266 Å². The number of unbranched alkanes of at least 4 members (excludes halogenated alkanes) is 2. The summed E-state index contributed by atoms with van der Waals surface area (Å²) in [6, 6.07) is 9.34. The molecule has 0 aliphatic heterocycles. The highest BCUT2D eigenvalue weighted by Crippen LogP contribution is 2.45. The van der Waals surface area contributed by atoms with Crippen molar-refractivity contribution in [1.29, 1.82) is 0 Å². The highest BCUT2D eigenvalue weighted by atomic mass is 19.3. The van der Waals surface area contributed by atoms with Gasteiger partial charge in [-0.25, -0.2) is 22.0 Å². The fourth-order valence-electron chi connectivity index (χ4n) is 7.37. The largest absolute Gasteiger partial charge is 0.429 e. The number of benzene rings is 3. The molecule has 3 aromatic rings. The van der Waals surface area contributed by atoms with Crippen molar-refractivity contribution < 1.29 is 35.5 Å². The standard InChI is InChI=1S/C38H41F7O/c1-2-3-4-5-24-6-8-25(9-7-24)26-10-12-27(13-11-26)29-16-17-32(34(40)20-29)30-15-14-28(33(39)21-30)18-19-38(44,45)46-31-22-35(41)37(43)36(42)23-31/h14-27H,2-13H2,1H3/b19-18+. The molecule has 0 unspecified atom stereocenters. The second-order valence-electron chi connectivity index (χ2n) is 13.1. The zero-order chi connectivity index (χ0) is 32.8. The fraction of sp³-hybridized carbons (Fsp3) is 0.474. The third kappa shape index (κ3) is 8.54. The van der Waals surface area contributed by atoms with Crippen molar-refractivity contribution in [2.24, 2.45) is 17.8 Å². The minimum atomic E-state index is -4.09. The van der Waals surface area contributed by atoms with Crippen LogP contribution >= 0.6 is 0 Å². The van der Waals surface area contributed by atoms with E-state index in [1.165, 1.54) is 82.4 Å². The lowest BCUT2D eigenvalue weighted by molar-refractivity contribution is -0.131. The molecule has 0 atom stereocenters. The molecular weight excluding hydrogens is 605 g/mol. The van der Waals surface area contributed by atoms with Crippen molar-refractivity contribution in [3.8, 4) is 16.9 Å². The molecule has 2 saturated carbocycles. The first-order valence-electron chi connectivity index (χ1n) is 16.5. The molecule has 3 aromatic carbocycles. The van der Waals surface area contributed by atoms with Gasteiger partial charge in [0.1, 0.15) is 17.4 Å². The van der Waals surface area contributed by atoms with Crippen LogP contribution in [0.2, 0.25) is 0 Å². The first kappa shape index (κ1) is 34.1. The first-order valence-corrected chi connectivity index (χ1v) is 16.5. The summed E-state index contributed by atoms with van der Waals surface area (Å²) in [6.07, 6.45) is 12.0. The second-order valence-corrected chi connectivity index (χ2v) is 13.1. The van der Waals surface area contributed by atoms with Gasteiger partial charge in [-0.2, -0.15) is 8.78 Å². The van der Waals surface area contributed by atoms with Crippen LogP contribution in [0.4, 0.5) is 30.7 Å². The summed E-state index contributed by atoms with van der Waals surface area (Å²) in [7, 11) is 0. The summed E-state index contributed by atoms with van der Waals surface area (Å²) in [6.45, 7) is 2.25. The third-order valence-corrected chi connectivity index (χ3v) is 9.99. The van der Waals surface area contributed by atoms with Crippen molar-refractivity contribution in [2.45, 2.75) is 96.0 Å². The predicted octanol–water partition coefficient (Wildman–Crippen LogP) is 12.4. The van der Waals surface area contributed by atoms with Crippen LogP contribution in [0, 0.1) is 46.8 Å². The molecular formula is C38H41F7O. The maximum absolute atomic E-state index is 15.3. The number of ether oxygens (including phenoxy) is 1. The molecule has 2 fully saturated rings. The van der Waals surface area contributed by atoms with Crippen LogP contribution in [-0.2, 0) is 0 Å². The fourth-order valence-corrected chi connectivity index (χ4v) is 7.37. The normalized spacial score (nSPS) is 22.3. The molecule has 2 aliphatic rings. The number of hydrogen-bond donors (Lipinski definition) is 0. The average molecular weight is 647 g/mol. The molecule has 0 saturated heterocycles. The maximum atomic E-state index is 15.3. The van der Waals surface area contributed by atoms with Gasteiger partial charge in [0.25, 0.3) is 0 Å². The van der Waals surface area contributed by atoms with E-state index in [-0.39, 0.29) is 34.9 Å². The molecule has 2 aliphatic carbocycles. The second kappa shape index (κ2) is 15.1. The van der Waals surface area contributed by atoms with Gasteiger partial charge < -0.3 is 4.74 Å². The van der Waals surface area contributed by atoms with Crippen molar-refractivity contribution in [1.82, 2.24) is 0 Å². The van der Waals surface area contributed by atoms with Gasteiger partial charge in [-0.1, -0.05) is 69.7 Å². The van der Waals surface area contributed by atoms with E-state index >= 15 is 4.39 Å². The third-order valence-electron chi connectivity index (χ3n) is 9.99.